The van der Waals surface area contributed by atoms with E-state index < -0.39 is 162 Å². The maximum absolute atomic E-state index is 15.3. The zero-order valence-corrected chi connectivity index (χ0v) is 56.8. The minimum atomic E-state index is -1.54. The Morgan fingerprint density at radius 2 is 1.06 bits per heavy atom. The van der Waals surface area contributed by atoms with E-state index in [1.165, 1.54) is 102 Å². The first-order valence-corrected chi connectivity index (χ1v) is 31.1. The molecule has 0 saturated carbocycles. The molecule has 2 heterocycles. The van der Waals surface area contributed by atoms with E-state index in [1.807, 2.05) is 48.5 Å². The Kier molecular flexibility index (Phi) is 29.6. The maximum atomic E-state index is 15.3. The first-order chi connectivity index (χ1) is 40.1. The number of carbonyl (C=O) groups excluding carboxylic acids is 11. The first-order valence-electron chi connectivity index (χ1n) is 31.1. The van der Waals surface area contributed by atoms with Crippen LogP contribution in [0.3, 0.4) is 0 Å². The first kappa shape index (κ1) is 76.9. The molecule has 0 bridgehead atoms. The van der Waals surface area contributed by atoms with Gasteiger partial charge in [-0.3, -0.25) is 52.7 Å². The van der Waals surface area contributed by atoms with E-state index >= 15 is 14.4 Å². The molecule has 5 N–H and O–H groups in total. The van der Waals surface area contributed by atoms with Crippen LogP contribution in [0.2, 0.25) is 0 Å². The normalized spacial score (nSPS) is 29.3. The van der Waals surface area contributed by atoms with E-state index in [9.17, 15) is 43.5 Å². The van der Waals surface area contributed by atoms with E-state index in [0.29, 0.717) is 12.8 Å². The Morgan fingerprint density at radius 1 is 0.563 bits per heavy atom. The summed E-state index contributed by atoms with van der Waals surface area (Å²) in [7, 11) is 9.93. The molecule has 2 aliphatic heterocycles. The molecule has 13 atom stereocenters. The summed E-state index contributed by atoms with van der Waals surface area (Å²) in [5, 5.41) is 22.1. The largest absolute Gasteiger partial charge is 0.390 e. The van der Waals surface area contributed by atoms with Gasteiger partial charge in [0.1, 0.15) is 60.4 Å². The molecule has 0 aromatic carbocycles. The molecule has 496 valence electrons. The number of rotatable bonds is 14. The number of aliphatic hydroxyl groups is 1. The van der Waals surface area contributed by atoms with Crippen LogP contribution in [0, 0.1) is 35.5 Å². The second-order valence-electron chi connectivity index (χ2n) is 27.1. The van der Waals surface area contributed by atoms with Gasteiger partial charge in [-0.05, 0) is 102 Å². The summed E-state index contributed by atoms with van der Waals surface area (Å²) in [4.78, 5) is 170. The van der Waals surface area contributed by atoms with E-state index in [2.05, 4.69) is 27.8 Å². The molecule has 0 aromatic heterocycles. The van der Waals surface area contributed by atoms with Crippen LogP contribution in [-0.2, 0) is 57.5 Å². The van der Waals surface area contributed by atoms with Crippen LogP contribution in [0.15, 0.2) is 12.7 Å². The van der Waals surface area contributed by atoms with Crippen molar-refractivity contribution in [1.29, 1.82) is 0 Å². The maximum Gasteiger partial charge on any atom is 0.246 e. The fraction of sp³-hybridized carbons (Fsp3) is 0.794. The second kappa shape index (κ2) is 33.4. The van der Waals surface area contributed by atoms with Crippen LogP contribution >= 0.6 is 0 Å². The van der Waals surface area contributed by atoms with Crippen LogP contribution in [0.25, 0.3) is 0 Å². The van der Waals surface area contributed by atoms with Crippen LogP contribution in [0.1, 0.15) is 156 Å². The van der Waals surface area contributed by atoms with Gasteiger partial charge in [0.05, 0.1) is 24.4 Å². The predicted molar refractivity (Wildman–Crippen MR) is 333 cm³/mol. The molecule has 1 unspecified atom stereocenters. The van der Waals surface area contributed by atoms with Gasteiger partial charge in [-0.1, -0.05) is 89.2 Å². The molecule has 0 aliphatic carbocycles. The van der Waals surface area contributed by atoms with Crippen molar-refractivity contribution in [3.63, 3.8) is 0 Å². The van der Waals surface area contributed by atoms with Crippen molar-refractivity contribution in [1.82, 2.24) is 55.6 Å². The molecule has 2 rings (SSSR count). The SMILES string of the molecule is C=CC1C[C@@H](C)[C@H]([C@H]2C(=O)N[C@@H](CC)C(=O)N(C)CC(=O)N(C)[C@@H](CC(C)(C)O)C(=O)N[C@@H](C(C)C)C(=O)N(C)[C@@H](CCC(C)C)C(=O)N[C@@H](C)C(=O)N[C@H](C)C(=O)N(C)[C@@H](CC(C)C)C(=O)N(C)[C@@H](CC(C)C)C(=O)N(C)[C@@H](C(C)C)C(=O)N2C)O1. The Morgan fingerprint density at radius 3 is 1.52 bits per heavy atom. The topological polar surface area (TPSA) is 288 Å². The quantitative estimate of drug-likeness (QED) is 0.157. The zero-order chi connectivity index (χ0) is 67.2. The van der Waals surface area contributed by atoms with Gasteiger partial charge in [-0.15, -0.1) is 6.58 Å². The summed E-state index contributed by atoms with van der Waals surface area (Å²) in [5.74, 6) is -9.17. The minimum Gasteiger partial charge on any atom is -0.390 e. The monoisotopic (exact) mass is 1230 g/mol. The highest BCUT2D eigenvalue weighted by Gasteiger charge is 2.48. The van der Waals surface area contributed by atoms with Crippen molar-refractivity contribution in [2.75, 3.05) is 55.9 Å². The molecule has 0 radical (unpaired) electrons. The van der Waals surface area contributed by atoms with Crippen LogP contribution in [0.5, 0.6) is 0 Å². The third kappa shape index (κ3) is 21.0. The Hall–Kier alpha value is -6.17. The summed E-state index contributed by atoms with van der Waals surface area (Å²) < 4.78 is 6.39. The Balaban J connectivity index is 2.99. The van der Waals surface area contributed by atoms with E-state index in [1.54, 1.807) is 40.7 Å². The van der Waals surface area contributed by atoms with Gasteiger partial charge >= 0.3 is 0 Å². The van der Waals surface area contributed by atoms with Crippen molar-refractivity contribution in [2.24, 2.45) is 35.5 Å². The molecule has 11 amide bonds. The average Bonchev–Trinajstić information content (AvgIpc) is 1.98. The number of hydrogen-bond donors (Lipinski definition) is 5. The lowest BCUT2D eigenvalue weighted by Gasteiger charge is -2.41. The Bertz CT molecular complexity index is 2430. The summed E-state index contributed by atoms with van der Waals surface area (Å²) in [5.41, 5.74) is -1.54. The van der Waals surface area contributed by atoms with Crippen LogP contribution in [0.4, 0.5) is 0 Å². The lowest BCUT2D eigenvalue weighted by molar-refractivity contribution is -0.157. The molecule has 0 spiro atoms. The number of nitrogens with one attached hydrogen (secondary N) is 4. The van der Waals surface area contributed by atoms with Gasteiger partial charge in [0.25, 0.3) is 0 Å². The fourth-order valence-corrected chi connectivity index (χ4v) is 11.4. The highest BCUT2D eigenvalue weighted by atomic mass is 16.5. The standard InChI is InChI=1S/C63H111N11O13/c1-25-42-31-39(13)52(87-42)51-56(79)66-43(26-2)58(81)68(18)33-48(75)69(19)47(32-63(16,17)86)55(78)67-49(37(9)10)61(84)70(20)44(28-27-34(3)4)54(77)64-40(14)53(76)65-41(15)57(80)71(21)45(29-35(5)6)59(82)72(22)46(30-36(7)8)60(83)73(23)50(38(11)12)62(85)74(51)24/h25,34-47,49-52,86H,1,26-33H2,2-24H3,(H,64,77)(H,65,76)(H,66,79)(H,67,78)/t39-,40+,41-,42?,43+,44+,45+,46+,47+,49+,50+,51+,52-/m1/s1. The predicted octanol–water partition coefficient (Wildman–Crippen LogP) is 2.79. The van der Waals surface area contributed by atoms with Gasteiger partial charge in [0.15, 0.2) is 0 Å². The van der Waals surface area contributed by atoms with E-state index in [-0.39, 0.29) is 55.8 Å². The van der Waals surface area contributed by atoms with E-state index in [0.717, 1.165) is 9.80 Å². The number of likely N-dealkylation sites (N-methyl/N-ethyl adjacent to an activating group) is 7. The molecule has 87 heavy (non-hydrogen) atoms. The zero-order valence-electron chi connectivity index (χ0n) is 56.8. The molecule has 2 aliphatic rings. The van der Waals surface area contributed by atoms with Crippen molar-refractivity contribution in [3.8, 4) is 0 Å². The van der Waals surface area contributed by atoms with Crippen molar-refractivity contribution in [2.45, 2.75) is 234 Å². The van der Waals surface area contributed by atoms with Crippen molar-refractivity contribution in [3.05, 3.63) is 12.7 Å². The summed E-state index contributed by atoms with van der Waals surface area (Å²) in [6.07, 6.45) is 1.33. The molecular formula is C63H111N11O13. The van der Waals surface area contributed by atoms with Gasteiger partial charge < -0.3 is 65.4 Å². The molecule has 0 aromatic rings. The number of ether oxygens (including phenoxy) is 1. The molecule has 24 heteroatoms. The summed E-state index contributed by atoms with van der Waals surface area (Å²) in [6.45, 7) is 30.9. The summed E-state index contributed by atoms with van der Waals surface area (Å²) >= 11 is 0. The second-order valence-corrected chi connectivity index (χ2v) is 27.1. The third-order valence-corrected chi connectivity index (χ3v) is 16.8. The fourth-order valence-electron chi connectivity index (χ4n) is 11.4. The highest BCUT2D eigenvalue weighted by molar-refractivity contribution is 5.99. The average molecular weight is 1230 g/mol. The lowest BCUT2D eigenvalue weighted by atomic mass is 9.92. The van der Waals surface area contributed by atoms with E-state index in [4.69, 9.17) is 4.74 Å². The van der Waals surface area contributed by atoms with Gasteiger partial charge in [-0.25, -0.2) is 0 Å². The lowest BCUT2D eigenvalue weighted by Crippen LogP contribution is -2.63. The van der Waals surface area contributed by atoms with Gasteiger partial charge in [-0.2, -0.15) is 0 Å². The number of carbonyl (C=O) groups is 11. The third-order valence-electron chi connectivity index (χ3n) is 16.8. The molecule has 2 saturated heterocycles. The summed E-state index contributed by atoms with van der Waals surface area (Å²) in [6, 6.07) is -12.4. The van der Waals surface area contributed by atoms with Crippen LogP contribution in [-0.4, -0.2) is 238 Å². The smallest absolute Gasteiger partial charge is 0.246 e. The molecule has 2 fully saturated rings. The minimum absolute atomic E-state index is 0.0346. The van der Waals surface area contributed by atoms with Gasteiger partial charge in [0.2, 0.25) is 65.0 Å². The number of hydrogen-bond acceptors (Lipinski definition) is 13. The van der Waals surface area contributed by atoms with Crippen molar-refractivity contribution < 1.29 is 62.6 Å². The molecular weight excluding hydrogens is 1120 g/mol. The highest BCUT2D eigenvalue weighted by Crippen LogP contribution is 2.32. The number of nitrogens with zero attached hydrogens (tertiary/aromatic N) is 7. The molecule has 24 nitrogen and oxygen atoms in total. The van der Waals surface area contributed by atoms with Crippen LogP contribution < -0.4 is 21.3 Å². The Labute approximate surface area is 519 Å². The van der Waals surface area contributed by atoms with Gasteiger partial charge in [0, 0.05) is 55.8 Å². The van der Waals surface area contributed by atoms with Crippen molar-refractivity contribution >= 4 is 65.0 Å². The number of amides is 11.